The summed E-state index contributed by atoms with van der Waals surface area (Å²) >= 11 is 0. The number of phenols is 1. The third kappa shape index (κ3) is 1.70. The molecular formula is C18H15NO4. The third-order valence-corrected chi connectivity index (χ3v) is 4.39. The van der Waals surface area contributed by atoms with Crippen LogP contribution in [-0.4, -0.2) is 29.4 Å². The number of allylic oxidation sites excluding steroid dienone is 4. The van der Waals surface area contributed by atoms with Crippen molar-refractivity contribution >= 4 is 16.3 Å². The molecule has 1 unspecified atom stereocenters. The molecule has 1 aromatic heterocycles. The van der Waals surface area contributed by atoms with Gasteiger partial charge >= 0.3 is 0 Å². The van der Waals surface area contributed by atoms with Gasteiger partial charge in [0, 0.05) is 17.1 Å². The Morgan fingerprint density at radius 2 is 2.00 bits per heavy atom. The van der Waals surface area contributed by atoms with Crippen molar-refractivity contribution < 1.29 is 19.7 Å². The summed E-state index contributed by atoms with van der Waals surface area (Å²) in [6, 6.07) is 3.64. The molecule has 116 valence electrons. The standard InChI is InChI=1S/C18H15NO4/c1-22-11-5-3-4-10-14(17(11)20)15-13-9(6-7-19-16(10)13)8-12(23-2)18(15)21/h3-8,14,20-21H,1-2H3. The number of aliphatic hydroxyl groups excluding tert-OH is 1. The topological polar surface area (TPSA) is 71.8 Å². The van der Waals surface area contributed by atoms with Crippen LogP contribution in [0.4, 0.5) is 0 Å². The fourth-order valence-corrected chi connectivity index (χ4v) is 3.39. The van der Waals surface area contributed by atoms with Gasteiger partial charge in [0.1, 0.15) is 5.76 Å². The normalized spacial score (nSPS) is 18.7. The van der Waals surface area contributed by atoms with Crippen molar-refractivity contribution in [3.8, 4) is 11.5 Å². The second-order valence-electron chi connectivity index (χ2n) is 5.47. The average molecular weight is 309 g/mol. The lowest BCUT2D eigenvalue weighted by atomic mass is 9.93. The lowest BCUT2D eigenvalue weighted by Crippen LogP contribution is -2.04. The Hall–Kier alpha value is -2.95. The number of rotatable bonds is 2. The van der Waals surface area contributed by atoms with Crippen LogP contribution in [0.25, 0.3) is 16.3 Å². The van der Waals surface area contributed by atoms with E-state index < -0.39 is 5.92 Å². The molecular weight excluding hydrogens is 294 g/mol. The molecule has 5 heteroatoms. The number of aromatic nitrogens is 1. The lowest BCUT2D eigenvalue weighted by molar-refractivity contribution is 0.261. The van der Waals surface area contributed by atoms with Crippen LogP contribution in [0.15, 0.2) is 48.1 Å². The van der Waals surface area contributed by atoms with Gasteiger partial charge < -0.3 is 19.7 Å². The van der Waals surface area contributed by atoms with Gasteiger partial charge in [-0.2, -0.15) is 0 Å². The Morgan fingerprint density at radius 1 is 1.17 bits per heavy atom. The monoisotopic (exact) mass is 309 g/mol. The van der Waals surface area contributed by atoms with Crippen molar-refractivity contribution in [2.75, 3.05) is 14.2 Å². The van der Waals surface area contributed by atoms with Gasteiger partial charge in [-0.05, 0) is 29.2 Å². The number of ether oxygens (including phenoxy) is 2. The number of hydrogen-bond acceptors (Lipinski definition) is 5. The van der Waals surface area contributed by atoms with Gasteiger partial charge in [0.25, 0.3) is 0 Å². The summed E-state index contributed by atoms with van der Waals surface area (Å²) in [6.45, 7) is 0. The predicted molar refractivity (Wildman–Crippen MR) is 86.5 cm³/mol. The zero-order valence-electron chi connectivity index (χ0n) is 12.7. The van der Waals surface area contributed by atoms with Crippen LogP contribution in [0.2, 0.25) is 0 Å². The number of fused-ring (bicyclic) bond motifs is 3. The minimum absolute atomic E-state index is 0.0200. The number of aliphatic hydroxyl groups is 1. The van der Waals surface area contributed by atoms with E-state index >= 15 is 0 Å². The molecule has 1 atom stereocenters. The van der Waals surface area contributed by atoms with E-state index in [1.165, 1.54) is 14.2 Å². The molecule has 2 N–H and O–H groups in total. The summed E-state index contributed by atoms with van der Waals surface area (Å²) in [5, 5.41) is 23.1. The van der Waals surface area contributed by atoms with Crippen molar-refractivity contribution in [1.29, 1.82) is 0 Å². The molecule has 5 nitrogen and oxygen atoms in total. The van der Waals surface area contributed by atoms with Crippen molar-refractivity contribution in [2.45, 2.75) is 5.92 Å². The highest BCUT2D eigenvalue weighted by Gasteiger charge is 2.38. The molecule has 0 aliphatic heterocycles. The second-order valence-corrected chi connectivity index (χ2v) is 5.47. The zero-order valence-corrected chi connectivity index (χ0v) is 12.7. The minimum Gasteiger partial charge on any atom is -0.507 e. The van der Waals surface area contributed by atoms with E-state index in [9.17, 15) is 10.2 Å². The SMILES string of the molecule is COC1=C(O)C2C(=CC=C1)c1nccc3cc(OC)c(O)c2c13. The van der Waals surface area contributed by atoms with E-state index in [2.05, 4.69) is 4.98 Å². The highest BCUT2D eigenvalue weighted by atomic mass is 16.5. The Balaban J connectivity index is 2.14. The lowest BCUT2D eigenvalue weighted by Gasteiger charge is -2.16. The quantitative estimate of drug-likeness (QED) is 0.889. The maximum atomic E-state index is 10.7. The van der Waals surface area contributed by atoms with E-state index in [0.717, 1.165) is 22.0 Å². The highest BCUT2D eigenvalue weighted by Crippen LogP contribution is 2.55. The molecule has 2 aliphatic rings. The molecule has 1 heterocycles. The molecule has 0 radical (unpaired) electrons. The van der Waals surface area contributed by atoms with Crippen molar-refractivity contribution in [2.24, 2.45) is 0 Å². The van der Waals surface area contributed by atoms with Crippen LogP contribution < -0.4 is 4.74 Å². The Morgan fingerprint density at radius 3 is 2.74 bits per heavy atom. The molecule has 0 spiro atoms. The van der Waals surface area contributed by atoms with Crippen LogP contribution in [0.3, 0.4) is 0 Å². The van der Waals surface area contributed by atoms with E-state index in [0.29, 0.717) is 17.1 Å². The largest absolute Gasteiger partial charge is 0.507 e. The molecule has 2 aromatic rings. The Bertz CT molecular complexity index is 924. The smallest absolute Gasteiger partial charge is 0.162 e. The zero-order chi connectivity index (χ0) is 16.1. The predicted octanol–water partition coefficient (Wildman–Crippen LogP) is 3.42. The Labute approximate surface area is 132 Å². The van der Waals surface area contributed by atoms with Gasteiger partial charge in [-0.1, -0.05) is 12.2 Å². The van der Waals surface area contributed by atoms with Gasteiger partial charge in [-0.15, -0.1) is 0 Å². The summed E-state index contributed by atoms with van der Waals surface area (Å²) in [5.41, 5.74) is 2.19. The number of aromatic hydroxyl groups is 1. The third-order valence-electron chi connectivity index (χ3n) is 4.39. The van der Waals surface area contributed by atoms with Gasteiger partial charge in [-0.3, -0.25) is 4.98 Å². The van der Waals surface area contributed by atoms with Gasteiger partial charge in [0.15, 0.2) is 17.3 Å². The molecule has 0 saturated heterocycles. The van der Waals surface area contributed by atoms with E-state index in [4.69, 9.17) is 9.47 Å². The fourth-order valence-electron chi connectivity index (χ4n) is 3.39. The second kappa shape index (κ2) is 4.78. The summed E-state index contributed by atoms with van der Waals surface area (Å²) in [6.07, 6.45) is 7.11. The highest BCUT2D eigenvalue weighted by molar-refractivity contribution is 6.05. The maximum absolute atomic E-state index is 10.7. The number of hydrogen-bond donors (Lipinski definition) is 2. The molecule has 23 heavy (non-hydrogen) atoms. The molecule has 0 fully saturated rings. The van der Waals surface area contributed by atoms with Crippen LogP contribution >= 0.6 is 0 Å². The van der Waals surface area contributed by atoms with Crippen LogP contribution in [0, 0.1) is 0 Å². The van der Waals surface area contributed by atoms with Crippen molar-refractivity contribution in [1.82, 2.24) is 4.98 Å². The summed E-state index contributed by atoms with van der Waals surface area (Å²) in [5.74, 6) is 0.281. The summed E-state index contributed by atoms with van der Waals surface area (Å²) < 4.78 is 10.5. The fraction of sp³-hybridized carbons (Fsp3) is 0.167. The number of benzene rings is 1. The molecule has 0 saturated carbocycles. The molecule has 2 aliphatic carbocycles. The first-order valence-corrected chi connectivity index (χ1v) is 7.21. The first kappa shape index (κ1) is 13.7. The average Bonchev–Trinajstić information content (AvgIpc) is 2.81. The van der Waals surface area contributed by atoms with Crippen molar-refractivity contribution in [3.63, 3.8) is 0 Å². The van der Waals surface area contributed by atoms with Gasteiger partial charge in [0.2, 0.25) is 0 Å². The van der Waals surface area contributed by atoms with Crippen LogP contribution in [0.5, 0.6) is 11.5 Å². The number of nitrogens with zero attached hydrogens (tertiary/aromatic N) is 1. The minimum atomic E-state index is -0.526. The van der Waals surface area contributed by atoms with Gasteiger partial charge in [-0.25, -0.2) is 0 Å². The van der Waals surface area contributed by atoms with E-state index in [1.807, 2.05) is 18.2 Å². The molecule has 0 bridgehead atoms. The first-order valence-electron chi connectivity index (χ1n) is 7.21. The number of pyridine rings is 1. The summed E-state index contributed by atoms with van der Waals surface area (Å²) in [4.78, 5) is 4.46. The molecule has 0 amide bonds. The van der Waals surface area contributed by atoms with Crippen LogP contribution in [0.1, 0.15) is 17.2 Å². The first-order chi connectivity index (χ1) is 11.2. The van der Waals surface area contributed by atoms with Gasteiger partial charge in [0.05, 0.1) is 25.8 Å². The Kier molecular flexibility index (Phi) is 2.84. The maximum Gasteiger partial charge on any atom is 0.162 e. The number of methoxy groups -OCH3 is 2. The summed E-state index contributed by atoms with van der Waals surface area (Å²) in [7, 11) is 3.01. The van der Waals surface area contributed by atoms with Crippen molar-refractivity contribution in [3.05, 3.63) is 59.3 Å². The van der Waals surface area contributed by atoms with E-state index in [-0.39, 0.29) is 11.5 Å². The number of phenolic OH excluding ortho intramolecular Hbond substituents is 1. The van der Waals surface area contributed by atoms with E-state index in [1.54, 1.807) is 18.3 Å². The molecule has 1 aromatic carbocycles. The van der Waals surface area contributed by atoms with Crippen LogP contribution in [-0.2, 0) is 4.74 Å². The molecule has 4 rings (SSSR count).